The second kappa shape index (κ2) is 13.0. The number of aryl methyl sites for hydroxylation is 4. The smallest absolute Gasteiger partial charge is 0.271 e. The molecular weight excluding hydrogens is 450 g/mol. The van der Waals surface area contributed by atoms with Crippen LogP contribution in [0.15, 0.2) is 70.9 Å². The Morgan fingerprint density at radius 1 is 0.722 bits per heavy atom. The highest BCUT2D eigenvalue weighted by atomic mass is 16.2. The lowest BCUT2D eigenvalue weighted by Gasteiger charge is -2.07. The first-order valence-electron chi connectivity index (χ1n) is 12.0. The van der Waals surface area contributed by atoms with Crippen molar-refractivity contribution in [3.05, 3.63) is 99.6 Å². The van der Waals surface area contributed by atoms with Crippen LogP contribution in [0.2, 0.25) is 0 Å². The van der Waals surface area contributed by atoms with Crippen LogP contribution in [-0.4, -0.2) is 30.8 Å². The summed E-state index contributed by atoms with van der Waals surface area (Å²) in [6, 6.07) is 19.2. The Morgan fingerprint density at radius 2 is 1.28 bits per heavy atom. The van der Waals surface area contributed by atoms with Gasteiger partial charge in [-0.15, -0.1) is 0 Å². The van der Waals surface area contributed by atoms with Crippen LogP contribution in [0.5, 0.6) is 0 Å². The first kappa shape index (κ1) is 26.3. The summed E-state index contributed by atoms with van der Waals surface area (Å²) in [6.45, 7) is 8.82. The molecule has 0 aliphatic carbocycles. The van der Waals surface area contributed by atoms with E-state index in [4.69, 9.17) is 0 Å². The molecule has 0 spiro atoms. The second-order valence-electron chi connectivity index (χ2n) is 8.79. The van der Waals surface area contributed by atoms with E-state index in [0.717, 1.165) is 16.8 Å². The summed E-state index contributed by atoms with van der Waals surface area (Å²) in [4.78, 5) is 24.3. The lowest BCUT2D eigenvalue weighted by atomic mass is 10.1. The Bertz CT molecular complexity index is 1260. The van der Waals surface area contributed by atoms with E-state index in [0.29, 0.717) is 24.9 Å². The Morgan fingerprint density at radius 3 is 1.83 bits per heavy atom. The number of nitrogens with zero attached hydrogens (tertiary/aromatic N) is 2. The molecule has 0 aliphatic rings. The lowest BCUT2D eigenvalue weighted by molar-refractivity contribution is -0.121. The first-order valence-corrected chi connectivity index (χ1v) is 12.0. The molecule has 3 aromatic rings. The van der Waals surface area contributed by atoms with Gasteiger partial charge in [-0.3, -0.25) is 9.59 Å². The highest BCUT2D eigenvalue weighted by Gasteiger charge is 2.05. The van der Waals surface area contributed by atoms with Gasteiger partial charge in [0.2, 0.25) is 5.91 Å². The Labute approximate surface area is 212 Å². The molecule has 0 aromatic heterocycles. The molecule has 0 atom stereocenters. The number of anilines is 1. The average molecular weight is 484 g/mol. The molecule has 0 fully saturated rings. The van der Waals surface area contributed by atoms with Crippen molar-refractivity contribution in [3.63, 3.8) is 0 Å². The van der Waals surface area contributed by atoms with Gasteiger partial charge < -0.3 is 5.32 Å². The fraction of sp³-hybridized carbons (Fsp3) is 0.241. The normalized spacial score (nSPS) is 11.1. The van der Waals surface area contributed by atoms with Crippen molar-refractivity contribution in [2.45, 2.75) is 40.5 Å². The zero-order valence-electron chi connectivity index (χ0n) is 21.3. The van der Waals surface area contributed by atoms with Crippen LogP contribution >= 0.6 is 0 Å². The molecule has 0 radical (unpaired) electrons. The fourth-order valence-electron chi connectivity index (χ4n) is 3.38. The molecule has 0 unspecified atom stereocenters. The summed E-state index contributed by atoms with van der Waals surface area (Å²) in [6.07, 6.45) is 4.29. The lowest BCUT2D eigenvalue weighted by Crippen LogP contribution is -2.18. The summed E-state index contributed by atoms with van der Waals surface area (Å²) in [7, 11) is 0. The van der Waals surface area contributed by atoms with Crippen molar-refractivity contribution in [2.24, 2.45) is 10.2 Å². The van der Waals surface area contributed by atoms with Crippen LogP contribution in [0.4, 0.5) is 5.69 Å². The van der Waals surface area contributed by atoms with Gasteiger partial charge >= 0.3 is 0 Å². The maximum Gasteiger partial charge on any atom is 0.271 e. The minimum atomic E-state index is -0.278. The molecule has 0 saturated heterocycles. The predicted octanol–water partition coefficient (Wildman–Crippen LogP) is 5.03. The van der Waals surface area contributed by atoms with Gasteiger partial charge in [-0.05, 0) is 91.8 Å². The van der Waals surface area contributed by atoms with Crippen molar-refractivity contribution in [1.29, 1.82) is 0 Å². The molecule has 0 aliphatic heterocycles. The van der Waals surface area contributed by atoms with Gasteiger partial charge in [0, 0.05) is 24.2 Å². The molecule has 7 nitrogen and oxygen atoms in total. The van der Waals surface area contributed by atoms with Crippen LogP contribution in [0.3, 0.4) is 0 Å². The van der Waals surface area contributed by atoms with E-state index in [1.54, 1.807) is 24.6 Å². The van der Waals surface area contributed by atoms with Gasteiger partial charge in [0.1, 0.15) is 0 Å². The van der Waals surface area contributed by atoms with Crippen molar-refractivity contribution in [1.82, 2.24) is 10.9 Å². The van der Waals surface area contributed by atoms with E-state index >= 15 is 0 Å². The zero-order chi connectivity index (χ0) is 25.9. The monoisotopic (exact) mass is 483 g/mol. The topological polar surface area (TPSA) is 95.0 Å². The van der Waals surface area contributed by atoms with Crippen molar-refractivity contribution in [2.75, 3.05) is 11.9 Å². The molecule has 186 valence electrons. The van der Waals surface area contributed by atoms with E-state index in [1.165, 1.54) is 22.3 Å². The van der Waals surface area contributed by atoms with E-state index in [9.17, 15) is 9.59 Å². The Balaban J connectivity index is 1.36. The number of hydrogen-bond donors (Lipinski definition) is 3. The summed E-state index contributed by atoms with van der Waals surface area (Å²) < 4.78 is 0. The number of amides is 2. The van der Waals surface area contributed by atoms with Crippen molar-refractivity contribution in [3.8, 4) is 0 Å². The van der Waals surface area contributed by atoms with Crippen LogP contribution in [0, 0.1) is 27.7 Å². The summed E-state index contributed by atoms with van der Waals surface area (Å²) in [5.74, 6) is -0.412. The van der Waals surface area contributed by atoms with E-state index in [2.05, 4.69) is 40.2 Å². The summed E-state index contributed by atoms with van der Waals surface area (Å²) >= 11 is 0. The number of nitrogens with one attached hydrogen (secondary N) is 3. The quantitative estimate of drug-likeness (QED) is 0.214. The van der Waals surface area contributed by atoms with Gasteiger partial charge in [-0.2, -0.15) is 10.2 Å². The predicted molar refractivity (Wildman–Crippen MR) is 147 cm³/mol. The number of rotatable bonds is 10. The molecule has 0 bridgehead atoms. The number of hydrogen-bond acceptors (Lipinski definition) is 5. The molecule has 36 heavy (non-hydrogen) atoms. The van der Waals surface area contributed by atoms with Crippen LogP contribution in [0.1, 0.15) is 56.6 Å². The Kier molecular flexibility index (Phi) is 9.51. The zero-order valence-corrected chi connectivity index (χ0v) is 21.3. The van der Waals surface area contributed by atoms with Crippen molar-refractivity contribution >= 4 is 29.9 Å². The highest BCUT2D eigenvalue weighted by molar-refractivity contribution is 5.95. The number of carbonyl (C=O) groups excluding carboxylic acids is 2. The van der Waals surface area contributed by atoms with Crippen LogP contribution in [0.25, 0.3) is 0 Å². The number of carbonyl (C=O) groups is 2. The maximum atomic E-state index is 12.3. The van der Waals surface area contributed by atoms with Gasteiger partial charge in [0.25, 0.3) is 5.91 Å². The van der Waals surface area contributed by atoms with Crippen molar-refractivity contribution < 1.29 is 9.59 Å². The third kappa shape index (κ3) is 8.20. The molecular formula is C29H33N5O2. The van der Waals surface area contributed by atoms with Crippen LogP contribution < -0.4 is 16.2 Å². The van der Waals surface area contributed by atoms with Gasteiger partial charge in [0.15, 0.2) is 0 Å². The molecule has 3 aromatic carbocycles. The Hall–Kier alpha value is -4.26. The van der Waals surface area contributed by atoms with Gasteiger partial charge in [-0.25, -0.2) is 10.9 Å². The fourth-order valence-corrected chi connectivity index (χ4v) is 3.38. The minimum Gasteiger partial charge on any atom is -0.385 e. The number of hydrazone groups is 2. The average Bonchev–Trinajstić information content (AvgIpc) is 2.86. The number of benzene rings is 3. The van der Waals surface area contributed by atoms with Gasteiger partial charge in [-0.1, -0.05) is 36.4 Å². The third-order valence-electron chi connectivity index (χ3n) is 5.90. The molecule has 3 N–H and O–H groups in total. The van der Waals surface area contributed by atoms with E-state index in [1.807, 2.05) is 62.4 Å². The third-order valence-corrected chi connectivity index (χ3v) is 5.90. The minimum absolute atomic E-state index is 0.134. The molecule has 3 rings (SSSR count). The molecule has 2 amide bonds. The summed E-state index contributed by atoms with van der Waals surface area (Å²) in [5, 5.41) is 11.3. The summed E-state index contributed by atoms with van der Waals surface area (Å²) in [5.41, 5.74) is 13.2. The van der Waals surface area contributed by atoms with Gasteiger partial charge in [0.05, 0.1) is 12.4 Å². The molecule has 7 heteroatoms. The highest BCUT2D eigenvalue weighted by Crippen LogP contribution is 2.11. The van der Waals surface area contributed by atoms with Crippen LogP contribution in [-0.2, 0) is 4.79 Å². The van der Waals surface area contributed by atoms with E-state index < -0.39 is 0 Å². The SMILES string of the molecule is Cc1ccc(/C=N/NC(=O)CCCNc2ccc(C(=O)N/N=C/c3ccc(C)c(C)c3)cc2)cc1C. The van der Waals surface area contributed by atoms with E-state index in [-0.39, 0.29) is 11.8 Å². The maximum absolute atomic E-state index is 12.3. The molecule has 0 saturated carbocycles. The standard InChI is InChI=1S/C29H33N5O2/c1-20-7-9-24(16-22(20)3)18-31-33-28(35)6-5-15-30-27-13-11-26(12-14-27)29(36)34-32-19-25-10-8-21(2)23(4)17-25/h7-14,16-19,30H,5-6,15H2,1-4H3,(H,33,35)(H,34,36)/b31-18+,32-19+. The largest absolute Gasteiger partial charge is 0.385 e. The first-order chi connectivity index (χ1) is 17.3. The second-order valence-corrected chi connectivity index (χ2v) is 8.79. The molecule has 0 heterocycles.